The fourth-order valence-electron chi connectivity index (χ4n) is 2.14. The minimum Gasteiger partial charge on any atom is -0.409 e. The molecule has 0 saturated heterocycles. The average Bonchev–Trinajstić information content (AvgIpc) is 2.46. The van der Waals surface area contributed by atoms with Crippen LogP contribution in [0, 0.1) is 6.42 Å². The van der Waals surface area contributed by atoms with Gasteiger partial charge in [0, 0.05) is 6.42 Å². The van der Waals surface area contributed by atoms with Crippen molar-refractivity contribution < 1.29 is 22.7 Å². The predicted octanol–water partition coefficient (Wildman–Crippen LogP) is 3.08. The van der Waals surface area contributed by atoms with Crippen molar-refractivity contribution in [2.45, 2.75) is 25.2 Å². The summed E-state index contributed by atoms with van der Waals surface area (Å²) in [6.45, 7) is 0. The number of carbonyl (C=O) groups is 1. The Kier molecular flexibility index (Phi) is 5.03. The number of allylic oxidation sites excluding steroid dienone is 3. The maximum atomic E-state index is 12.4. The van der Waals surface area contributed by atoms with E-state index >= 15 is 0 Å². The van der Waals surface area contributed by atoms with Gasteiger partial charge in [0.1, 0.15) is 5.76 Å². The first-order valence-corrected chi connectivity index (χ1v) is 6.70. The Morgan fingerprint density at radius 3 is 2.59 bits per heavy atom. The number of halogens is 3. The van der Waals surface area contributed by atoms with Crippen LogP contribution in [0.5, 0.6) is 0 Å². The number of ketones is 1. The molecule has 1 aliphatic carbocycles. The third-order valence-electron chi connectivity index (χ3n) is 3.12. The lowest BCUT2D eigenvalue weighted by Crippen LogP contribution is -2.34. The standard InChI is InChI=1S/C16H15F3NO2/c17-16(18,19)22-14-9-5-4-8-12(14)15(21)13(20)10-11-6-2-1-3-7-11/h1-4,6-9,13H,5,10,20H2/t13-/m0/s1. The van der Waals surface area contributed by atoms with Gasteiger partial charge in [-0.2, -0.15) is 0 Å². The molecule has 0 amide bonds. The summed E-state index contributed by atoms with van der Waals surface area (Å²) in [6.07, 6.45) is -0.186. The number of rotatable bonds is 5. The lowest BCUT2D eigenvalue weighted by atomic mass is 9.94. The molecule has 0 aromatic heterocycles. The molecule has 0 fully saturated rings. The Balaban J connectivity index is 2.16. The maximum Gasteiger partial charge on any atom is 0.572 e. The lowest BCUT2D eigenvalue weighted by Gasteiger charge is -2.19. The van der Waals surface area contributed by atoms with Gasteiger partial charge in [-0.3, -0.25) is 4.79 Å². The number of benzene rings is 1. The fraction of sp³-hybridized carbons (Fsp3) is 0.250. The number of Topliss-reactive ketones (excluding diaryl/α,β-unsaturated/α-hetero) is 1. The highest BCUT2D eigenvalue weighted by atomic mass is 19.4. The van der Waals surface area contributed by atoms with Gasteiger partial charge in [0.2, 0.25) is 0 Å². The minimum atomic E-state index is -4.84. The normalized spacial score (nSPS) is 16.5. The Morgan fingerprint density at radius 1 is 1.27 bits per heavy atom. The number of alkyl halides is 3. The Morgan fingerprint density at radius 2 is 1.95 bits per heavy atom. The van der Waals surface area contributed by atoms with Gasteiger partial charge < -0.3 is 10.5 Å². The molecular weight excluding hydrogens is 295 g/mol. The Bertz CT molecular complexity index is 591. The SMILES string of the molecule is N[C@@H](Cc1ccccc1)C(=O)C1=C(OC(F)(F)F)[CH]CC=C1. The van der Waals surface area contributed by atoms with E-state index in [1.54, 1.807) is 30.3 Å². The van der Waals surface area contributed by atoms with E-state index in [0.29, 0.717) is 0 Å². The summed E-state index contributed by atoms with van der Waals surface area (Å²) in [5, 5.41) is 0. The Labute approximate surface area is 126 Å². The first-order valence-electron chi connectivity index (χ1n) is 6.70. The monoisotopic (exact) mass is 310 g/mol. The smallest absolute Gasteiger partial charge is 0.409 e. The van der Waals surface area contributed by atoms with E-state index in [0.717, 1.165) is 5.56 Å². The molecule has 0 spiro atoms. The molecule has 2 N–H and O–H groups in total. The highest BCUT2D eigenvalue weighted by molar-refractivity contribution is 6.02. The summed E-state index contributed by atoms with van der Waals surface area (Å²) in [7, 11) is 0. The van der Waals surface area contributed by atoms with Gasteiger partial charge in [0.15, 0.2) is 5.78 Å². The molecule has 0 saturated carbocycles. The molecule has 2 rings (SSSR count). The van der Waals surface area contributed by atoms with Crippen LogP contribution < -0.4 is 5.73 Å². The molecule has 0 bridgehead atoms. The predicted molar refractivity (Wildman–Crippen MR) is 75.4 cm³/mol. The van der Waals surface area contributed by atoms with Crippen LogP contribution in [0.3, 0.4) is 0 Å². The first kappa shape index (κ1) is 16.3. The van der Waals surface area contributed by atoms with Gasteiger partial charge in [-0.15, -0.1) is 13.2 Å². The van der Waals surface area contributed by atoms with Gasteiger partial charge in [0.25, 0.3) is 0 Å². The van der Waals surface area contributed by atoms with E-state index < -0.39 is 23.9 Å². The molecule has 3 nitrogen and oxygen atoms in total. The van der Waals surface area contributed by atoms with Crippen LogP contribution in [0.25, 0.3) is 0 Å². The largest absolute Gasteiger partial charge is 0.572 e. The first-order chi connectivity index (χ1) is 10.4. The van der Waals surface area contributed by atoms with Gasteiger partial charge in [-0.05, 0) is 18.4 Å². The number of ether oxygens (including phenoxy) is 1. The summed E-state index contributed by atoms with van der Waals surface area (Å²) in [4.78, 5) is 12.3. The van der Waals surface area contributed by atoms with E-state index in [2.05, 4.69) is 4.74 Å². The van der Waals surface area contributed by atoms with Crippen LogP contribution in [-0.2, 0) is 16.0 Å². The summed E-state index contributed by atoms with van der Waals surface area (Å²) < 4.78 is 41.1. The quantitative estimate of drug-likeness (QED) is 0.909. The molecule has 1 aromatic rings. The van der Waals surface area contributed by atoms with E-state index in [4.69, 9.17) is 5.73 Å². The molecule has 1 atom stereocenters. The number of nitrogens with two attached hydrogens (primary N) is 1. The highest BCUT2D eigenvalue weighted by Crippen LogP contribution is 2.28. The van der Waals surface area contributed by atoms with Crippen LogP contribution in [0.15, 0.2) is 53.8 Å². The number of hydrogen-bond donors (Lipinski definition) is 1. The van der Waals surface area contributed by atoms with Crippen LogP contribution in [0.1, 0.15) is 12.0 Å². The van der Waals surface area contributed by atoms with Crippen molar-refractivity contribution in [3.63, 3.8) is 0 Å². The molecule has 6 heteroatoms. The van der Waals surface area contributed by atoms with E-state index in [1.807, 2.05) is 6.07 Å². The van der Waals surface area contributed by atoms with E-state index in [9.17, 15) is 18.0 Å². The molecule has 0 heterocycles. The summed E-state index contributed by atoms with van der Waals surface area (Å²) in [5.74, 6) is -1.06. The summed E-state index contributed by atoms with van der Waals surface area (Å²) in [6, 6.07) is 8.11. The second-order valence-corrected chi connectivity index (χ2v) is 4.83. The molecule has 117 valence electrons. The van der Waals surface area contributed by atoms with Crippen LogP contribution in [-0.4, -0.2) is 18.2 Å². The third-order valence-corrected chi connectivity index (χ3v) is 3.12. The zero-order valence-electron chi connectivity index (χ0n) is 11.6. The molecule has 22 heavy (non-hydrogen) atoms. The number of hydrogen-bond acceptors (Lipinski definition) is 3. The van der Waals surface area contributed by atoms with Crippen molar-refractivity contribution in [2.24, 2.45) is 5.73 Å². The van der Waals surface area contributed by atoms with Crippen molar-refractivity contribution in [3.05, 3.63) is 65.8 Å². The molecule has 1 radical (unpaired) electrons. The second-order valence-electron chi connectivity index (χ2n) is 4.83. The maximum absolute atomic E-state index is 12.4. The van der Waals surface area contributed by atoms with Crippen LogP contribution in [0.4, 0.5) is 13.2 Å². The topological polar surface area (TPSA) is 52.3 Å². The Hall–Kier alpha value is -2.08. The molecule has 0 aliphatic heterocycles. The lowest BCUT2D eigenvalue weighted by molar-refractivity contribution is -0.304. The molecular formula is C16H15F3NO2. The van der Waals surface area contributed by atoms with Crippen molar-refractivity contribution in [2.75, 3.05) is 0 Å². The zero-order valence-corrected chi connectivity index (χ0v) is 11.6. The van der Waals surface area contributed by atoms with Crippen LogP contribution in [0.2, 0.25) is 0 Å². The average molecular weight is 310 g/mol. The van der Waals surface area contributed by atoms with Crippen LogP contribution >= 0.6 is 0 Å². The van der Waals surface area contributed by atoms with E-state index in [-0.39, 0.29) is 18.4 Å². The van der Waals surface area contributed by atoms with E-state index in [1.165, 1.54) is 12.5 Å². The number of carbonyl (C=O) groups excluding carboxylic acids is 1. The molecule has 1 aliphatic rings. The highest BCUT2D eigenvalue weighted by Gasteiger charge is 2.35. The van der Waals surface area contributed by atoms with Gasteiger partial charge in [0.05, 0.1) is 11.6 Å². The zero-order chi connectivity index (χ0) is 16.2. The van der Waals surface area contributed by atoms with Crippen molar-refractivity contribution in [3.8, 4) is 0 Å². The minimum absolute atomic E-state index is 0.146. The van der Waals surface area contributed by atoms with Crippen molar-refractivity contribution >= 4 is 5.78 Å². The fourth-order valence-corrected chi connectivity index (χ4v) is 2.14. The van der Waals surface area contributed by atoms with Gasteiger partial charge in [-0.25, -0.2) is 0 Å². The van der Waals surface area contributed by atoms with Gasteiger partial charge in [-0.1, -0.05) is 42.5 Å². The van der Waals surface area contributed by atoms with Crippen molar-refractivity contribution in [1.82, 2.24) is 0 Å². The molecule has 1 aromatic carbocycles. The molecule has 0 unspecified atom stereocenters. The van der Waals surface area contributed by atoms with Crippen molar-refractivity contribution in [1.29, 1.82) is 0 Å². The second kappa shape index (κ2) is 6.79. The van der Waals surface area contributed by atoms with Gasteiger partial charge >= 0.3 is 6.36 Å². The third kappa shape index (κ3) is 4.46. The summed E-state index contributed by atoms with van der Waals surface area (Å²) >= 11 is 0. The summed E-state index contributed by atoms with van der Waals surface area (Å²) in [5.41, 5.74) is 6.53.